The zero-order chi connectivity index (χ0) is 7.84. The molecule has 0 fully saturated rings. The standard InChI is InChI=1S/C7H5NS3.Na/c9-4-2-1-3-5-6(4)8-7(10)11-5;/h1-3,9H,(H,8,10);. The van der Waals surface area contributed by atoms with Crippen molar-refractivity contribution in [3.8, 4) is 0 Å². The van der Waals surface area contributed by atoms with Crippen LogP contribution in [0.2, 0.25) is 0 Å². The van der Waals surface area contributed by atoms with Gasteiger partial charge in [0.1, 0.15) is 0 Å². The average Bonchev–Trinajstić information content (AvgIpc) is 2.31. The molecular weight excluding hydrogens is 217 g/mol. The Morgan fingerprint density at radius 2 is 2.17 bits per heavy atom. The van der Waals surface area contributed by atoms with E-state index in [0.717, 1.165) is 14.4 Å². The molecular formula is C7H5NNaS3. The molecule has 12 heavy (non-hydrogen) atoms. The van der Waals surface area contributed by atoms with Crippen molar-refractivity contribution >= 4 is 76.0 Å². The van der Waals surface area contributed by atoms with Gasteiger partial charge in [0, 0.05) is 34.5 Å². The molecule has 2 rings (SSSR count). The van der Waals surface area contributed by atoms with Crippen molar-refractivity contribution in [1.82, 2.24) is 4.98 Å². The van der Waals surface area contributed by atoms with Gasteiger partial charge in [-0.15, -0.1) is 24.0 Å². The summed E-state index contributed by atoms with van der Waals surface area (Å²) in [6, 6.07) is 5.96. The smallest absolute Gasteiger partial charge is 0.159 e. The predicted molar refractivity (Wildman–Crippen MR) is 60.0 cm³/mol. The number of hydrogen-bond acceptors (Lipinski definition) is 3. The Labute approximate surface area is 107 Å². The molecule has 1 aromatic heterocycles. The normalized spacial score (nSPS) is 9.75. The second kappa shape index (κ2) is 4.26. The third kappa shape index (κ3) is 1.95. The minimum atomic E-state index is 0. The van der Waals surface area contributed by atoms with E-state index >= 15 is 0 Å². The van der Waals surface area contributed by atoms with Gasteiger partial charge >= 0.3 is 0 Å². The summed E-state index contributed by atoms with van der Waals surface area (Å²) in [5.74, 6) is 0. The van der Waals surface area contributed by atoms with Crippen LogP contribution < -0.4 is 0 Å². The quantitative estimate of drug-likeness (QED) is 0.398. The number of aromatic nitrogens is 1. The fourth-order valence-electron chi connectivity index (χ4n) is 0.958. The largest absolute Gasteiger partial charge is 0.336 e. The summed E-state index contributed by atoms with van der Waals surface area (Å²) in [6.45, 7) is 0. The molecule has 57 valence electrons. The number of para-hydroxylation sites is 1. The number of hydrogen-bond donors (Lipinski definition) is 2. The predicted octanol–water partition coefficient (Wildman–Crippen LogP) is 2.87. The number of thiazole rings is 1. The SMILES string of the molecule is S=c1[nH]c2c(S)cccc2s1.[Na]. The minimum Gasteiger partial charge on any atom is -0.336 e. The van der Waals surface area contributed by atoms with E-state index in [0.29, 0.717) is 0 Å². The topological polar surface area (TPSA) is 15.8 Å². The number of fused-ring (bicyclic) bond motifs is 1. The van der Waals surface area contributed by atoms with Gasteiger partial charge in [0.25, 0.3) is 0 Å². The average molecular weight is 222 g/mol. The first kappa shape index (κ1) is 10.8. The summed E-state index contributed by atoms with van der Waals surface area (Å²) in [5.41, 5.74) is 1.05. The zero-order valence-electron chi connectivity index (χ0n) is 6.50. The molecule has 0 aliphatic heterocycles. The molecule has 0 unspecified atom stereocenters. The number of aromatic amines is 1. The summed E-state index contributed by atoms with van der Waals surface area (Å²) in [6.07, 6.45) is 0. The second-order valence-corrected chi connectivity index (χ2v) is 4.37. The number of H-pyrrole nitrogens is 1. The van der Waals surface area contributed by atoms with Crippen LogP contribution in [0.5, 0.6) is 0 Å². The molecule has 0 saturated heterocycles. The fraction of sp³-hybridized carbons (Fsp3) is 0. The summed E-state index contributed by atoms with van der Waals surface area (Å²) in [5, 5.41) is 0. The van der Waals surface area contributed by atoms with Crippen LogP contribution in [0.25, 0.3) is 10.2 Å². The molecule has 2 aromatic rings. The van der Waals surface area contributed by atoms with Crippen molar-refractivity contribution in [3.63, 3.8) is 0 Å². The number of nitrogens with one attached hydrogen (secondary N) is 1. The Bertz CT molecular complexity index is 445. The van der Waals surface area contributed by atoms with E-state index in [1.54, 1.807) is 11.3 Å². The molecule has 0 atom stereocenters. The van der Waals surface area contributed by atoms with Gasteiger partial charge in [0.2, 0.25) is 0 Å². The van der Waals surface area contributed by atoms with Gasteiger partial charge in [0.05, 0.1) is 10.2 Å². The Morgan fingerprint density at radius 3 is 2.83 bits per heavy atom. The van der Waals surface area contributed by atoms with Gasteiger partial charge in [0.15, 0.2) is 3.95 Å². The summed E-state index contributed by atoms with van der Waals surface area (Å²) in [7, 11) is 0. The third-order valence-electron chi connectivity index (χ3n) is 1.43. The van der Waals surface area contributed by atoms with Crippen LogP contribution in [-0.4, -0.2) is 34.5 Å². The van der Waals surface area contributed by atoms with Crippen LogP contribution in [0.1, 0.15) is 0 Å². The van der Waals surface area contributed by atoms with Gasteiger partial charge in [-0.05, 0) is 24.4 Å². The zero-order valence-corrected chi connectivity index (χ0v) is 11.0. The molecule has 0 saturated carbocycles. The van der Waals surface area contributed by atoms with E-state index in [2.05, 4.69) is 17.6 Å². The van der Waals surface area contributed by atoms with Crippen LogP contribution in [0.3, 0.4) is 0 Å². The van der Waals surface area contributed by atoms with Crippen LogP contribution >= 0.6 is 36.2 Å². The van der Waals surface area contributed by atoms with E-state index in [1.165, 1.54) is 4.70 Å². The Hall–Kier alpha value is 0.680. The van der Waals surface area contributed by atoms with E-state index < -0.39 is 0 Å². The molecule has 1 heterocycles. The second-order valence-electron chi connectivity index (χ2n) is 2.16. The summed E-state index contributed by atoms with van der Waals surface area (Å²) >= 11 is 10.9. The van der Waals surface area contributed by atoms with Crippen LogP contribution in [0.4, 0.5) is 0 Å². The monoisotopic (exact) mass is 222 g/mol. The maximum atomic E-state index is 5.00. The Kier molecular flexibility index (Phi) is 3.82. The number of rotatable bonds is 0. The molecule has 0 aliphatic rings. The number of thiol groups is 1. The Morgan fingerprint density at radius 1 is 1.42 bits per heavy atom. The first-order valence-electron chi connectivity index (χ1n) is 3.08. The molecule has 0 bridgehead atoms. The fourth-order valence-corrected chi connectivity index (χ4v) is 2.43. The summed E-state index contributed by atoms with van der Waals surface area (Å²) in [4.78, 5) is 4.04. The van der Waals surface area contributed by atoms with Crippen molar-refractivity contribution in [1.29, 1.82) is 0 Å². The molecule has 0 amide bonds. The van der Waals surface area contributed by atoms with E-state index in [-0.39, 0.29) is 29.6 Å². The van der Waals surface area contributed by atoms with Gasteiger partial charge < -0.3 is 4.98 Å². The van der Waals surface area contributed by atoms with Crippen LogP contribution in [-0.2, 0) is 0 Å². The van der Waals surface area contributed by atoms with E-state index in [4.69, 9.17) is 12.2 Å². The van der Waals surface area contributed by atoms with Crippen molar-refractivity contribution in [2.75, 3.05) is 0 Å². The summed E-state index contributed by atoms with van der Waals surface area (Å²) < 4.78 is 1.98. The maximum absolute atomic E-state index is 5.00. The molecule has 1 aromatic carbocycles. The first-order chi connectivity index (χ1) is 5.27. The van der Waals surface area contributed by atoms with Crippen LogP contribution in [0, 0.1) is 3.95 Å². The van der Waals surface area contributed by atoms with Crippen molar-refractivity contribution < 1.29 is 0 Å². The molecule has 0 spiro atoms. The molecule has 5 heteroatoms. The van der Waals surface area contributed by atoms with Crippen molar-refractivity contribution in [2.24, 2.45) is 0 Å². The van der Waals surface area contributed by atoms with E-state index in [1.807, 2.05) is 18.2 Å². The van der Waals surface area contributed by atoms with Crippen LogP contribution in [0.15, 0.2) is 23.1 Å². The van der Waals surface area contributed by atoms with Gasteiger partial charge in [-0.25, -0.2) is 0 Å². The molecule has 1 nitrogen and oxygen atoms in total. The third-order valence-corrected chi connectivity index (χ3v) is 3.01. The van der Waals surface area contributed by atoms with E-state index in [9.17, 15) is 0 Å². The van der Waals surface area contributed by atoms with Crippen molar-refractivity contribution in [2.45, 2.75) is 4.90 Å². The molecule has 1 N–H and O–H groups in total. The minimum absolute atomic E-state index is 0. The molecule has 0 aliphatic carbocycles. The molecule has 1 radical (unpaired) electrons. The Balaban J connectivity index is 0.000000720. The van der Waals surface area contributed by atoms with Gasteiger partial charge in [-0.2, -0.15) is 0 Å². The van der Waals surface area contributed by atoms with Gasteiger partial charge in [-0.3, -0.25) is 0 Å². The van der Waals surface area contributed by atoms with Gasteiger partial charge in [-0.1, -0.05) is 6.07 Å². The van der Waals surface area contributed by atoms with Crippen molar-refractivity contribution in [3.05, 3.63) is 22.2 Å². The maximum Gasteiger partial charge on any atom is 0.159 e. The first-order valence-corrected chi connectivity index (χ1v) is 4.75. The number of benzene rings is 1.